The van der Waals surface area contributed by atoms with Crippen molar-refractivity contribution in [2.24, 2.45) is 11.8 Å². The molecule has 1 aliphatic heterocycles. The number of carbonyl (C=O) groups excluding carboxylic acids is 1. The van der Waals surface area contributed by atoms with Crippen LogP contribution in [0.3, 0.4) is 0 Å². The number of rotatable bonds is 4. The Morgan fingerprint density at radius 3 is 2.28 bits per heavy atom. The van der Waals surface area contributed by atoms with Gasteiger partial charge in [0.1, 0.15) is 22.9 Å². The van der Waals surface area contributed by atoms with E-state index < -0.39 is 75.8 Å². The number of β-amino-alcohol motifs (C(OH)–C–C–N with tert-alkyl or cyclic N) is 2. The van der Waals surface area contributed by atoms with Crippen molar-refractivity contribution in [3.05, 3.63) is 63.7 Å². The van der Waals surface area contributed by atoms with Gasteiger partial charge in [-0.15, -0.1) is 0 Å². The van der Waals surface area contributed by atoms with Crippen LogP contribution in [0.2, 0.25) is 0 Å². The normalized spacial score (nSPS) is 27.8. The second-order valence-electron chi connectivity index (χ2n) is 10.3. The number of carbonyl (C=O) groups is 1. The molecule has 206 valence electrons. The molecule has 3 fully saturated rings. The number of benzene rings is 1. The first-order valence-electron chi connectivity index (χ1n) is 12.0. The summed E-state index contributed by atoms with van der Waals surface area (Å²) in [7, 11) is 0. The first-order chi connectivity index (χ1) is 18.3. The number of anilines is 1. The summed E-state index contributed by atoms with van der Waals surface area (Å²) in [4.78, 5) is 32.2. The lowest BCUT2D eigenvalue weighted by Crippen LogP contribution is -2.52. The van der Waals surface area contributed by atoms with Gasteiger partial charge in [-0.1, -0.05) is 0 Å². The third kappa shape index (κ3) is 4.04. The summed E-state index contributed by atoms with van der Waals surface area (Å²) in [6.07, 6.45) is -6.02. The Kier molecular flexibility index (Phi) is 5.53. The Balaban J connectivity index is 1.45. The smallest absolute Gasteiger partial charge is 0.389 e. The highest BCUT2D eigenvalue weighted by atomic mass is 19.4. The van der Waals surface area contributed by atoms with E-state index in [-0.39, 0.29) is 42.8 Å². The average Bonchev–Trinajstić information content (AvgIpc) is 3.20. The van der Waals surface area contributed by atoms with Crippen LogP contribution in [-0.4, -0.2) is 62.7 Å². The van der Waals surface area contributed by atoms with Gasteiger partial charge in [0.05, 0.1) is 23.5 Å². The number of nitrogens with zero attached hydrogens (tertiary/aromatic N) is 3. The van der Waals surface area contributed by atoms with Crippen LogP contribution >= 0.6 is 0 Å². The van der Waals surface area contributed by atoms with Gasteiger partial charge in [-0.05, 0) is 30.9 Å². The minimum atomic E-state index is -4.41. The second kappa shape index (κ2) is 8.42. The minimum absolute atomic E-state index is 0.0220. The molecule has 2 saturated carbocycles. The number of nitrogens with one attached hydrogen (secondary N) is 1. The van der Waals surface area contributed by atoms with Crippen molar-refractivity contribution < 1.29 is 41.4 Å². The van der Waals surface area contributed by atoms with Crippen LogP contribution in [-0.2, 0) is 0 Å². The second-order valence-corrected chi connectivity index (χ2v) is 10.3. The number of pyridine rings is 2. The van der Waals surface area contributed by atoms with Crippen molar-refractivity contribution in [3.8, 4) is 5.69 Å². The quantitative estimate of drug-likeness (QED) is 0.428. The van der Waals surface area contributed by atoms with Crippen molar-refractivity contribution >= 4 is 22.8 Å². The molecule has 3 N–H and O–H groups in total. The molecule has 2 aromatic heterocycles. The van der Waals surface area contributed by atoms with Crippen molar-refractivity contribution in [3.63, 3.8) is 0 Å². The van der Waals surface area contributed by atoms with Crippen LogP contribution < -0.4 is 15.6 Å². The van der Waals surface area contributed by atoms with Crippen LogP contribution in [0.15, 0.2) is 35.3 Å². The molecule has 8 nitrogen and oxygen atoms in total. The van der Waals surface area contributed by atoms with Gasteiger partial charge < -0.3 is 20.4 Å². The van der Waals surface area contributed by atoms with E-state index in [2.05, 4.69) is 10.3 Å². The standard InChI is InChI=1S/C25H20F6N4O4/c26-10-3-15(27)20(16(28)4-10)35-7-12(23(39)33-24-5-13(24)14(6-24)25(29,30)31)21(38)11-1-2-19(32-22(11)35)34-8-17(36)18(37)9-34/h1-4,7,13-14,17-18,36-37H,5-6,8-9H2,(H,33,39)/t13?,14-,17+,18+,24?/m0/s1. The van der Waals surface area contributed by atoms with E-state index in [1.165, 1.54) is 17.0 Å². The number of alkyl halides is 3. The van der Waals surface area contributed by atoms with Gasteiger partial charge in [-0.2, -0.15) is 13.2 Å². The van der Waals surface area contributed by atoms with Gasteiger partial charge in [-0.3, -0.25) is 14.2 Å². The molecule has 5 atom stereocenters. The number of hydrogen-bond acceptors (Lipinski definition) is 6. The zero-order valence-corrected chi connectivity index (χ0v) is 19.8. The van der Waals surface area contributed by atoms with Gasteiger partial charge >= 0.3 is 6.18 Å². The van der Waals surface area contributed by atoms with Crippen LogP contribution in [0.1, 0.15) is 23.2 Å². The molecular weight excluding hydrogens is 534 g/mol. The fourth-order valence-corrected chi connectivity index (χ4v) is 5.72. The van der Waals surface area contributed by atoms with Crippen molar-refractivity contribution in [1.29, 1.82) is 0 Å². The molecule has 3 heterocycles. The van der Waals surface area contributed by atoms with Crippen LogP contribution in [0.5, 0.6) is 0 Å². The van der Waals surface area contributed by atoms with Crippen LogP contribution in [0, 0.1) is 29.3 Å². The fourth-order valence-electron chi connectivity index (χ4n) is 5.72. The first-order valence-corrected chi connectivity index (χ1v) is 12.0. The number of halogens is 6. The number of fused-ring (bicyclic) bond motifs is 2. The zero-order valence-electron chi connectivity index (χ0n) is 19.8. The van der Waals surface area contributed by atoms with E-state index in [0.29, 0.717) is 12.1 Å². The summed E-state index contributed by atoms with van der Waals surface area (Å²) in [6, 6.07) is 3.40. The summed E-state index contributed by atoms with van der Waals surface area (Å²) in [5.41, 5.74) is -3.73. The number of hydrogen-bond donors (Lipinski definition) is 3. The predicted molar refractivity (Wildman–Crippen MR) is 124 cm³/mol. The minimum Gasteiger partial charge on any atom is -0.389 e. The monoisotopic (exact) mass is 554 g/mol. The molecule has 2 unspecified atom stereocenters. The van der Waals surface area contributed by atoms with Crippen molar-refractivity contribution in [1.82, 2.24) is 14.9 Å². The molecule has 1 aromatic carbocycles. The number of aliphatic hydroxyl groups is 2. The van der Waals surface area contributed by atoms with Crippen LogP contribution in [0.4, 0.5) is 32.2 Å². The molecular formula is C25H20F6N4O4. The molecule has 6 rings (SSSR count). The van der Waals surface area contributed by atoms with Gasteiger partial charge in [-0.25, -0.2) is 18.2 Å². The molecule has 3 aromatic rings. The fraction of sp³-hybridized carbons (Fsp3) is 0.400. The Morgan fingerprint density at radius 2 is 1.69 bits per heavy atom. The van der Waals surface area contributed by atoms with E-state index in [4.69, 9.17) is 0 Å². The lowest BCUT2D eigenvalue weighted by Gasteiger charge is -2.36. The first kappa shape index (κ1) is 25.6. The Hall–Kier alpha value is -3.65. The summed E-state index contributed by atoms with van der Waals surface area (Å²) in [6.45, 7) is -0.0440. The van der Waals surface area contributed by atoms with E-state index in [9.17, 15) is 46.1 Å². The highest BCUT2D eigenvalue weighted by Crippen LogP contribution is 2.67. The number of aliphatic hydroxyl groups excluding tert-OH is 2. The maximum Gasteiger partial charge on any atom is 0.392 e. The lowest BCUT2D eigenvalue weighted by molar-refractivity contribution is -0.201. The Morgan fingerprint density at radius 1 is 1.05 bits per heavy atom. The van der Waals surface area contributed by atoms with E-state index >= 15 is 0 Å². The van der Waals surface area contributed by atoms with E-state index in [1.54, 1.807) is 0 Å². The largest absolute Gasteiger partial charge is 0.392 e. The number of amides is 1. The van der Waals surface area contributed by atoms with Gasteiger partial charge in [0.2, 0.25) is 5.43 Å². The summed E-state index contributed by atoms with van der Waals surface area (Å²) in [5, 5.41) is 22.0. The number of aromatic nitrogens is 2. The van der Waals surface area contributed by atoms with E-state index in [1.807, 2.05) is 0 Å². The van der Waals surface area contributed by atoms with Gasteiger partial charge in [0.15, 0.2) is 17.3 Å². The molecule has 14 heteroatoms. The average molecular weight is 554 g/mol. The van der Waals surface area contributed by atoms with Crippen molar-refractivity contribution in [2.45, 2.75) is 36.8 Å². The van der Waals surface area contributed by atoms with Crippen molar-refractivity contribution in [2.75, 3.05) is 18.0 Å². The third-order valence-electron chi connectivity index (χ3n) is 7.87. The van der Waals surface area contributed by atoms with E-state index in [0.717, 1.165) is 10.8 Å². The van der Waals surface area contributed by atoms with Crippen LogP contribution in [0.25, 0.3) is 16.7 Å². The Bertz CT molecular complexity index is 1560. The summed E-state index contributed by atoms with van der Waals surface area (Å²) in [5.74, 6) is -7.19. The zero-order chi connectivity index (χ0) is 28.0. The summed E-state index contributed by atoms with van der Waals surface area (Å²) < 4.78 is 83.4. The molecule has 0 bridgehead atoms. The summed E-state index contributed by atoms with van der Waals surface area (Å²) >= 11 is 0. The molecule has 3 aliphatic rings. The molecule has 0 spiro atoms. The molecule has 0 radical (unpaired) electrons. The molecule has 1 saturated heterocycles. The maximum absolute atomic E-state index is 14.9. The third-order valence-corrected chi connectivity index (χ3v) is 7.87. The topological polar surface area (TPSA) is 108 Å². The molecule has 1 amide bonds. The highest BCUT2D eigenvalue weighted by Gasteiger charge is 2.74. The Labute approximate surface area is 215 Å². The lowest BCUT2D eigenvalue weighted by atomic mass is 9.79. The molecule has 39 heavy (non-hydrogen) atoms. The molecule has 2 aliphatic carbocycles. The maximum atomic E-state index is 14.9. The van der Waals surface area contributed by atoms with Gasteiger partial charge in [0, 0.05) is 37.0 Å². The highest BCUT2D eigenvalue weighted by molar-refractivity contribution is 5.98. The predicted octanol–water partition coefficient (Wildman–Crippen LogP) is 2.42. The van der Waals surface area contributed by atoms with Gasteiger partial charge in [0.25, 0.3) is 5.91 Å². The SMILES string of the molecule is O=C(NC12CC1[C@@H](C(F)(F)F)C2)c1cn(-c2c(F)cc(F)cc2F)c2nc(N3C[C@@H](O)[C@H](O)C3)ccc2c1=O.